The molecule has 0 saturated heterocycles. The minimum atomic E-state index is 0.0117. The molecule has 1 unspecified atom stereocenters. The third-order valence-corrected chi connectivity index (χ3v) is 4.37. The van der Waals surface area contributed by atoms with Crippen LogP contribution in [0, 0.1) is 12.8 Å². The van der Waals surface area contributed by atoms with Gasteiger partial charge in [-0.1, -0.05) is 41.9 Å². The summed E-state index contributed by atoms with van der Waals surface area (Å²) >= 11 is 3.57. The Balaban J connectivity index is 2.24. The number of rotatable bonds is 6. The van der Waals surface area contributed by atoms with Gasteiger partial charge in [0, 0.05) is 17.4 Å². The first kappa shape index (κ1) is 16.1. The van der Waals surface area contributed by atoms with Crippen LogP contribution in [0.25, 0.3) is 0 Å². The standard InChI is InChI=1S/C15H22BrN5/c1-10(2)8-21-15(18-9-19-21)7-14(20-17)12-5-4-6-13(16)11(12)3/h4-6,9-10,14,20H,7-8,17H2,1-3H3. The lowest BCUT2D eigenvalue weighted by molar-refractivity contribution is 0.446. The van der Waals surface area contributed by atoms with Gasteiger partial charge in [0.2, 0.25) is 0 Å². The van der Waals surface area contributed by atoms with E-state index in [0.717, 1.165) is 16.8 Å². The maximum absolute atomic E-state index is 5.77. The highest BCUT2D eigenvalue weighted by Gasteiger charge is 2.17. The van der Waals surface area contributed by atoms with Crippen molar-refractivity contribution in [2.75, 3.05) is 0 Å². The molecule has 1 heterocycles. The van der Waals surface area contributed by atoms with E-state index in [2.05, 4.69) is 58.3 Å². The van der Waals surface area contributed by atoms with Gasteiger partial charge in [0.05, 0.1) is 6.04 Å². The fourth-order valence-electron chi connectivity index (χ4n) is 2.39. The van der Waals surface area contributed by atoms with Gasteiger partial charge < -0.3 is 0 Å². The lowest BCUT2D eigenvalue weighted by Gasteiger charge is -2.19. The summed E-state index contributed by atoms with van der Waals surface area (Å²) in [4.78, 5) is 4.38. The van der Waals surface area contributed by atoms with Gasteiger partial charge >= 0.3 is 0 Å². The van der Waals surface area contributed by atoms with Crippen molar-refractivity contribution < 1.29 is 0 Å². The van der Waals surface area contributed by atoms with Crippen molar-refractivity contribution in [2.45, 2.75) is 39.8 Å². The third-order valence-electron chi connectivity index (χ3n) is 3.51. The second kappa shape index (κ2) is 7.15. The van der Waals surface area contributed by atoms with E-state index in [4.69, 9.17) is 5.84 Å². The van der Waals surface area contributed by atoms with Crippen LogP contribution < -0.4 is 11.3 Å². The Kier molecular flexibility index (Phi) is 5.50. The van der Waals surface area contributed by atoms with E-state index < -0.39 is 0 Å². The monoisotopic (exact) mass is 351 g/mol. The normalized spacial score (nSPS) is 12.9. The molecule has 1 aromatic carbocycles. The van der Waals surface area contributed by atoms with Crippen LogP contribution in [0.15, 0.2) is 29.0 Å². The summed E-state index contributed by atoms with van der Waals surface area (Å²) in [7, 11) is 0. The molecule has 0 aliphatic carbocycles. The van der Waals surface area contributed by atoms with E-state index in [1.54, 1.807) is 6.33 Å². The third kappa shape index (κ3) is 3.90. The molecule has 0 bridgehead atoms. The smallest absolute Gasteiger partial charge is 0.138 e. The van der Waals surface area contributed by atoms with Gasteiger partial charge in [-0.2, -0.15) is 5.10 Å². The van der Waals surface area contributed by atoms with Crippen LogP contribution in [-0.2, 0) is 13.0 Å². The summed E-state index contributed by atoms with van der Waals surface area (Å²) in [5.41, 5.74) is 5.27. The number of hydrazine groups is 1. The molecule has 2 aromatic rings. The van der Waals surface area contributed by atoms with Gasteiger partial charge in [-0.3, -0.25) is 11.3 Å². The maximum atomic E-state index is 5.77. The summed E-state index contributed by atoms with van der Waals surface area (Å²) < 4.78 is 3.05. The molecule has 0 radical (unpaired) electrons. The molecule has 2 rings (SSSR count). The number of nitrogens with one attached hydrogen (secondary N) is 1. The van der Waals surface area contributed by atoms with Crippen LogP contribution in [0.4, 0.5) is 0 Å². The van der Waals surface area contributed by atoms with Gasteiger partial charge in [-0.25, -0.2) is 9.67 Å². The van der Waals surface area contributed by atoms with E-state index in [9.17, 15) is 0 Å². The largest absolute Gasteiger partial charge is 0.271 e. The predicted molar refractivity (Wildman–Crippen MR) is 87.5 cm³/mol. The average Bonchev–Trinajstić information content (AvgIpc) is 2.86. The number of nitrogens with two attached hydrogens (primary N) is 1. The van der Waals surface area contributed by atoms with Crippen LogP contribution in [0.2, 0.25) is 0 Å². The molecule has 0 aliphatic heterocycles. The second-order valence-corrected chi connectivity index (χ2v) is 6.48. The second-order valence-electron chi connectivity index (χ2n) is 5.63. The maximum Gasteiger partial charge on any atom is 0.138 e. The summed E-state index contributed by atoms with van der Waals surface area (Å²) in [6.45, 7) is 7.29. The molecule has 1 aromatic heterocycles. The zero-order chi connectivity index (χ0) is 15.4. The summed E-state index contributed by atoms with van der Waals surface area (Å²) in [5.74, 6) is 7.25. The molecule has 0 saturated carbocycles. The van der Waals surface area contributed by atoms with Crippen molar-refractivity contribution in [3.63, 3.8) is 0 Å². The van der Waals surface area contributed by atoms with E-state index in [-0.39, 0.29) is 6.04 Å². The molecule has 114 valence electrons. The summed E-state index contributed by atoms with van der Waals surface area (Å²) in [6.07, 6.45) is 2.32. The van der Waals surface area contributed by atoms with Gasteiger partial charge in [-0.05, 0) is 30.0 Å². The molecule has 0 spiro atoms. The molecule has 6 heteroatoms. The highest BCUT2D eigenvalue weighted by Crippen LogP contribution is 2.26. The first-order valence-corrected chi connectivity index (χ1v) is 7.90. The Morgan fingerprint density at radius 3 is 2.81 bits per heavy atom. The molecule has 0 aliphatic rings. The average molecular weight is 352 g/mol. The van der Waals surface area contributed by atoms with Gasteiger partial charge in [0.25, 0.3) is 0 Å². The van der Waals surface area contributed by atoms with Crippen LogP contribution in [0.3, 0.4) is 0 Å². The highest BCUT2D eigenvalue weighted by atomic mass is 79.9. The van der Waals surface area contributed by atoms with Crippen molar-refractivity contribution in [3.05, 3.63) is 46.0 Å². The van der Waals surface area contributed by atoms with E-state index in [1.165, 1.54) is 11.1 Å². The number of hydrogen-bond donors (Lipinski definition) is 2. The van der Waals surface area contributed by atoms with Crippen molar-refractivity contribution >= 4 is 15.9 Å². The van der Waals surface area contributed by atoms with Crippen LogP contribution in [0.1, 0.15) is 36.8 Å². The van der Waals surface area contributed by atoms with Gasteiger partial charge in [-0.15, -0.1) is 0 Å². The summed E-state index contributed by atoms with van der Waals surface area (Å²) in [6, 6.07) is 6.16. The molecule has 5 nitrogen and oxygen atoms in total. The molecular formula is C15H22BrN5. The molecule has 21 heavy (non-hydrogen) atoms. The topological polar surface area (TPSA) is 68.8 Å². The first-order valence-electron chi connectivity index (χ1n) is 7.10. The Bertz CT molecular complexity index is 593. The highest BCUT2D eigenvalue weighted by molar-refractivity contribution is 9.10. The fraction of sp³-hybridized carbons (Fsp3) is 0.467. The van der Waals surface area contributed by atoms with Crippen molar-refractivity contribution in [1.82, 2.24) is 20.2 Å². The van der Waals surface area contributed by atoms with Crippen LogP contribution in [0.5, 0.6) is 0 Å². The number of aromatic nitrogens is 3. The predicted octanol–water partition coefficient (Wildman–Crippen LogP) is 2.75. The lowest BCUT2D eigenvalue weighted by atomic mass is 9.99. The van der Waals surface area contributed by atoms with E-state index in [0.29, 0.717) is 12.3 Å². The number of benzene rings is 1. The number of halogens is 1. The molecule has 3 N–H and O–H groups in total. The minimum Gasteiger partial charge on any atom is -0.271 e. The summed E-state index contributed by atoms with van der Waals surface area (Å²) in [5, 5.41) is 4.31. The zero-order valence-corrected chi connectivity index (χ0v) is 14.3. The van der Waals surface area contributed by atoms with Crippen molar-refractivity contribution in [1.29, 1.82) is 0 Å². The quantitative estimate of drug-likeness (QED) is 0.620. The SMILES string of the molecule is Cc1c(Br)cccc1C(Cc1ncnn1CC(C)C)NN. The van der Waals surface area contributed by atoms with E-state index >= 15 is 0 Å². The first-order chi connectivity index (χ1) is 10.0. The lowest BCUT2D eigenvalue weighted by Crippen LogP contribution is -2.31. The molecule has 1 atom stereocenters. The van der Waals surface area contributed by atoms with Gasteiger partial charge in [0.15, 0.2) is 0 Å². The number of hydrogen-bond acceptors (Lipinski definition) is 4. The van der Waals surface area contributed by atoms with Crippen LogP contribution >= 0.6 is 15.9 Å². The van der Waals surface area contributed by atoms with Crippen molar-refractivity contribution in [3.8, 4) is 0 Å². The van der Waals surface area contributed by atoms with Crippen molar-refractivity contribution in [2.24, 2.45) is 11.8 Å². The Morgan fingerprint density at radius 1 is 1.38 bits per heavy atom. The molecular weight excluding hydrogens is 330 g/mol. The molecule has 0 fully saturated rings. The van der Waals surface area contributed by atoms with Crippen LogP contribution in [-0.4, -0.2) is 14.8 Å². The van der Waals surface area contributed by atoms with Gasteiger partial charge in [0.1, 0.15) is 12.2 Å². The minimum absolute atomic E-state index is 0.0117. The number of nitrogens with zero attached hydrogens (tertiary/aromatic N) is 3. The zero-order valence-electron chi connectivity index (χ0n) is 12.7. The molecule has 0 amide bonds. The fourth-order valence-corrected chi connectivity index (χ4v) is 2.77. The Labute approximate surface area is 134 Å². The Morgan fingerprint density at radius 2 is 2.14 bits per heavy atom. The Hall–Kier alpha value is -1.24. The van der Waals surface area contributed by atoms with E-state index in [1.807, 2.05) is 16.8 Å².